The summed E-state index contributed by atoms with van der Waals surface area (Å²) in [6.07, 6.45) is 4.20. The summed E-state index contributed by atoms with van der Waals surface area (Å²) in [5.41, 5.74) is -0.0665. The number of likely N-dealkylation sites (N-methyl/N-ethyl adjacent to an activating group) is 1. The maximum atomic E-state index is 11.8. The van der Waals surface area contributed by atoms with Crippen molar-refractivity contribution in [2.24, 2.45) is 0 Å². The van der Waals surface area contributed by atoms with Crippen molar-refractivity contribution in [2.75, 3.05) is 19.7 Å². The molecule has 0 radical (unpaired) electrons. The Morgan fingerprint density at radius 1 is 1.44 bits per heavy atom. The minimum absolute atomic E-state index is 0.0664. The molecule has 0 aromatic carbocycles. The zero-order chi connectivity index (χ0) is 13.2. The molecule has 0 aromatic heterocycles. The molecule has 2 atom stereocenters. The predicted molar refractivity (Wildman–Crippen MR) is 71.5 cm³/mol. The number of carbonyl (C=O) groups is 1. The largest absolute Gasteiger partial charge is 0.466 e. The third-order valence-corrected chi connectivity index (χ3v) is 4.09. The van der Waals surface area contributed by atoms with E-state index in [1.807, 2.05) is 6.92 Å². The third-order valence-electron chi connectivity index (χ3n) is 4.09. The number of likely N-dealkylation sites (tertiary alicyclic amines) is 1. The number of rotatable bonds is 6. The lowest BCUT2D eigenvalue weighted by Crippen LogP contribution is -2.49. The van der Waals surface area contributed by atoms with Crippen molar-refractivity contribution in [1.82, 2.24) is 10.2 Å². The van der Waals surface area contributed by atoms with Crippen LogP contribution in [0.25, 0.3) is 0 Å². The summed E-state index contributed by atoms with van der Waals surface area (Å²) in [6, 6.07) is 1.34. The van der Waals surface area contributed by atoms with E-state index >= 15 is 0 Å². The highest BCUT2D eigenvalue weighted by atomic mass is 16.5. The fourth-order valence-corrected chi connectivity index (χ4v) is 3.33. The zero-order valence-corrected chi connectivity index (χ0v) is 11.9. The van der Waals surface area contributed by atoms with E-state index in [0.717, 1.165) is 25.6 Å². The van der Waals surface area contributed by atoms with Crippen LogP contribution in [0.4, 0.5) is 0 Å². The van der Waals surface area contributed by atoms with E-state index in [-0.39, 0.29) is 11.5 Å². The highest BCUT2D eigenvalue weighted by molar-refractivity contribution is 5.71. The highest BCUT2D eigenvalue weighted by Gasteiger charge is 2.47. The molecule has 1 heterocycles. The Hall–Kier alpha value is -0.610. The Kier molecular flexibility index (Phi) is 4.28. The fraction of sp³-hybridized carbons (Fsp3) is 0.929. The van der Waals surface area contributed by atoms with Crippen molar-refractivity contribution in [2.45, 2.75) is 64.1 Å². The van der Waals surface area contributed by atoms with E-state index in [0.29, 0.717) is 19.1 Å². The molecule has 0 spiro atoms. The maximum Gasteiger partial charge on any atom is 0.307 e. The van der Waals surface area contributed by atoms with Crippen LogP contribution in [0.2, 0.25) is 0 Å². The van der Waals surface area contributed by atoms with Gasteiger partial charge in [-0.25, -0.2) is 0 Å². The smallest absolute Gasteiger partial charge is 0.307 e. The van der Waals surface area contributed by atoms with Gasteiger partial charge in [0.15, 0.2) is 0 Å². The molecule has 2 rings (SSSR count). The van der Waals surface area contributed by atoms with Gasteiger partial charge < -0.3 is 10.1 Å². The van der Waals surface area contributed by atoms with Gasteiger partial charge in [-0.05, 0) is 39.7 Å². The van der Waals surface area contributed by atoms with Gasteiger partial charge in [0.25, 0.3) is 0 Å². The van der Waals surface area contributed by atoms with Gasteiger partial charge in [-0.1, -0.05) is 6.92 Å². The summed E-state index contributed by atoms with van der Waals surface area (Å²) in [5, 5.41) is 3.55. The molecule has 2 unspecified atom stereocenters. The summed E-state index contributed by atoms with van der Waals surface area (Å²) in [7, 11) is 0. The monoisotopic (exact) mass is 254 g/mol. The topological polar surface area (TPSA) is 41.6 Å². The molecule has 1 saturated heterocycles. The van der Waals surface area contributed by atoms with Crippen molar-refractivity contribution < 1.29 is 9.53 Å². The van der Waals surface area contributed by atoms with Crippen molar-refractivity contribution in [1.29, 1.82) is 0 Å². The van der Waals surface area contributed by atoms with E-state index in [1.165, 1.54) is 12.8 Å². The van der Waals surface area contributed by atoms with Gasteiger partial charge in [0.2, 0.25) is 0 Å². The van der Waals surface area contributed by atoms with Crippen LogP contribution in [0.3, 0.4) is 0 Å². The van der Waals surface area contributed by atoms with Crippen LogP contribution in [0.5, 0.6) is 0 Å². The molecule has 1 aliphatic carbocycles. The number of ether oxygens (including phenoxy) is 1. The molecular weight excluding hydrogens is 228 g/mol. The zero-order valence-electron chi connectivity index (χ0n) is 11.9. The van der Waals surface area contributed by atoms with Crippen LogP contribution < -0.4 is 5.32 Å². The Morgan fingerprint density at radius 3 is 2.72 bits per heavy atom. The second-order valence-electron chi connectivity index (χ2n) is 5.75. The Balaban J connectivity index is 2.00. The van der Waals surface area contributed by atoms with Crippen molar-refractivity contribution in [3.8, 4) is 0 Å². The Labute approximate surface area is 110 Å². The molecule has 2 aliphatic rings. The lowest BCUT2D eigenvalue weighted by Gasteiger charge is -2.29. The number of esters is 1. The van der Waals surface area contributed by atoms with Crippen LogP contribution >= 0.6 is 0 Å². The van der Waals surface area contributed by atoms with Crippen molar-refractivity contribution in [3.05, 3.63) is 0 Å². The van der Waals surface area contributed by atoms with E-state index in [4.69, 9.17) is 4.74 Å². The summed E-state index contributed by atoms with van der Waals surface area (Å²) < 4.78 is 5.12. The van der Waals surface area contributed by atoms with E-state index in [9.17, 15) is 4.79 Å². The molecule has 0 bridgehead atoms. The van der Waals surface area contributed by atoms with Crippen molar-refractivity contribution in [3.63, 3.8) is 0 Å². The summed E-state index contributed by atoms with van der Waals surface area (Å²) in [5.74, 6) is -0.0664. The molecule has 1 N–H and O–H groups in total. The van der Waals surface area contributed by atoms with Gasteiger partial charge >= 0.3 is 5.97 Å². The molecule has 0 aromatic rings. The lowest BCUT2D eigenvalue weighted by molar-refractivity contribution is -0.144. The van der Waals surface area contributed by atoms with Gasteiger partial charge in [-0.2, -0.15) is 0 Å². The number of nitrogens with zero attached hydrogens (tertiary/aromatic N) is 1. The molecule has 4 nitrogen and oxygen atoms in total. The fourth-order valence-electron chi connectivity index (χ4n) is 3.33. The molecule has 18 heavy (non-hydrogen) atoms. The van der Waals surface area contributed by atoms with Crippen molar-refractivity contribution >= 4 is 5.97 Å². The van der Waals surface area contributed by atoms with E-state index < -0.39 is 0 Å². The molecule has 1 saturated carbocycles. The standard InChI is InChI=1S/C14H26N2O2/c1-4-15-14(9-13(17)18-5-2)8-11(3)16(10-14)12-6-7-12/h11-12,15H,4-10H2,1-3H3. The molecular formula is C14H26N2O2. The van der Waals surface area contributed by atoms with E-state index in [2.05, 4.69) is 24.1 Å². The van der Waals surface area contributed by atoms with Crippen LogP contribution in [-0.4, -0.2) is 48.2 Å². The average Bonchev–Trinajstić information content (AvgIpc) is 3.06. The normalized spacial score (nSPS) is 32.7. The Morgan fingerprint density at radius 2 is 2.17 bits per heavy atom. The molecule has 104 valence electrons. The average molecular weight is 254 g/mol. The quantitative estimate of drug-likeness (QED) is 0.730. The summed E-state index contributed by atoms with van der Waals surface area (Å²) >= 11 is 0. The van der Waals surface area contributed by atoms with Crippen LogP contribution in [0.15, 0.2) is 0 Å². The van der Waals surface area contributed by atoms with Gasteiger partial charge in [0.1, 0.15) is 0 Å². The Bertz CT molecular complexity index is 304. The number of hydrogen-bond donors (Lipinski definition) is 1. The van der Waals surface area contributed by atoms with Gasteiger partial charge in [-0.3, -0.25) is 9.69 Å². The first kappa shape index (κ1) is 13.8. The first-order chi connectivity index (χ1) is 8.60. The SMILES string of the molecule is CCNC1(CC(=O)OCC)CC(C)N(C2CC2)C1. The number of carbonyl (C=O) groups excluding carboxylic acids is 1. The third kappa shape index (κ3) is 3.04. The predicted octanol–water partition coefficient (Wildman–Crippen LogP) is 1.54. The van der Waals surface area contributed by atoms with Gasteiger partial charge in [-0.15, -0.1) is 0 Å². The minimum Gasteiger partial charge on any atom is -0.466 e. The first-order valence-electron chi connectivity index (χ1n) is 7.26. The molecule has 0 amide bonds. The van der Waals surface area contributed by atoms with Crippen LogP contribution in [0.1, 0.15) is 46.5 Å². The van der Waals surface area contributed by atoms with E-state index in [1.54, 1.807) is 0 Å². The molecule has 2 fully saturated rings. The summed E-state index contributed by atoms with van der Waals surface area (Å²) in [6.45, 7) is 8.63. The summed E-state index contributed by atoms with van der Waals surface area (Å²) in [4.78, 5) is 14.4. The lowest BCUT2D eigenvalue weighted by atomic mass is 9.92. The second-order valence-corrected chi connectivity index (χ2v) is 5.75. The maximum absolute atomic E-state index is 11.8. The van der Waals surface area contributed by atoms with Gasteiger partial charge in [0.05, 0.1) is 13.0 Å². The van der Waals surface area contributed by atoms with Crippen LogP contribution in [0, 0.1) is 0 Å². The highest BCUT2D eigenvalue weighted by Crippen LogP contribution is 2.38. The van der Waals surface area contributed by atoms with Crippen LogP contribution in [-0.2, 0) is 9.53 Å². The first-order valence-corrected chi connectivity index (χ1v) is 7.26. The molecule has 1 aliphatic heterocycles. The second kappa shape index (κ2) is 5.57. The number of nitrogens with one attached hydrogen (secondary N) is 1. The van der Waals surface area contributed by atoms with Gasteiger partial charge in [0, 0.05) is 24.2 Å². The molecule has 4 heteroatoms. The number of hydrogen-bond acceptors (Lipinski definition) is 4. The minimum atomic E-state index is -0.0665.